The average Bonchev–Trinajstić information content (AvgIpc) is 3.51. The van der Waals surface area contributed by atoms with Gasteiger partial charge in [0.05, 0.1) is 7.11 Å². The van der Waals surface area contributed by atoms with Gasteiger partial charge in [-0.1, -0.05) is 23.9 Å². The number of hydrogen-bond acceptors (Lipinski definition) is 8. The Morgan fingerprint density at radius 1 is 1.06 bits per heavy atom. The van der Waals surface area contributed by atoms with Gasteiger partial charge in [-0.3, -0.25) is 9.47 Å². The van der Waals surface area contributed by atoms with E-state index in [1.165, 1.54) is 16.4 Å². The third-order valence-corrected chi connectivity index (χ3v) is 5.76. The molecule has 162 valence electrons. The number of ether oxygens (including phenoxy) is 3. The summed E-state index contributed by atoms with van der Waals surface area (Å²) in [5.74, 6) is 2.75. The van der Waals surface area contributed by atoms with Gasteiger partial charge in [-0.2, -0.15) is 4.68 Å². The van der Waals surface area contributed by atoms with Gasteiger partial charge in [0.15, 0.2) is 11.5 Å². The first-order chi connectivity index (χ1) is 15.7. The van der Waals surface area contributed by atoms with E-state index in [1.807, 2.05) is 36.4 Å². The summed E-state index contributed by atoms with van der Waals surface area (Å²) in [5.41, 5.74) is 1.36. The maximum Gasteiger partial charge on any atom is 0.316 e. The fourth-order valence-corrected chi connectivity index (χ4v) is 4.09. The quantitative estimate of drug-likeness (QED) is 0.429. The van der Waals surface area contributed by atoms with E-state index in [4.69, 9.17) is 14.2 Å². The summed E-state index contributed by atoms with van der Waals surface area (Å²) in [4.78, 5) is 13.3. The Morgan fingerprint density at radius 3 is 2.75 bits per heavy atom. The Balaban J connectivity index is 1.45. The summed E-state index contributed by atoms with van der Waals surface area (Å²) >= 11 is 1.41. The van der Waals surface area contributed by atoms with Gasteiger partial charge in [-0.15, -0.1) is 10.2 Å². The Bertz CT molecular complexity index is 1310. The molecule has 0 saturated carbocycles. The molecule has 9 nitrogen and oxygen atoms in total. The van der Waals surface area contributed by atoms with Gasteiger partial charge < -0.3 is 19.5 Å². The van der Waals surface area contributed by atoms with Crippen molar-refractivity contribution >= 4 is 23.3 Å². The molecule has 2 aromatic heterocycles. The summed E-state index contributed by atoms with van der Waals surface area (Å²) < 4.78 is 19.2. The Hall–Kier alpha value is -3.92. The fourth-order valence-electron chi connectivity index (χ4n) is 3.22. The van der Waals surface area contributed by atoms with E-state index in [-0.39, 0.29) is 18.2 Å². The number of benzene rings is 2. The Morgan fingerprint density at radius 2 is 1.91 bits per heavy atom. The molecule has 0 spiro atoms. The number of anilines is 2. The molecule has 3 heterocycles. The SMILES string of the molecule is COc1cccc(CSc2nnc(Nc3ccc4c(c3)OCO4)c(=O)n2-n2cccc2)c1. The normalized spacial score (nSPS) is 12.0. The molecule has 32 heavy (non-hydrogen) atoms. The van der Waals surface area contributed by atoms with Gasteiger partial charge in [-0.25, -0.2) is 0 Å². The zero-order chi connectivity index (χ0) is 21.9. The number of methoxy groups -OCH3 is 1. The molecule has 2 aromatic carbocycles. The van der Waals surface area contributed by atoms with Gasteiger partial charge in [0, 0.05) is 29.9 Å². The van der Waals surface area contributed by atoms with Crippen LogP contribution in [0, 0.1) is 0 Å². The van der Waals surface area contributed by atoms with Gasteiger partial charge in [0.25, 0.3) is 0 Å². The molecule has 4 aromatic rings. The van der Waals surface area contributed by atoms with Crippen molar-refractivity contribution in [2.45, 2.75) is 10.9 Å². The Kier molecular flexibility index (Phi) is 5.42. The minimum Gasteiger partial charge on any atom is -0.497 e. The van der Waals surface area contributed by atoms with Crippen LogP contribution >= 0.6 is 11.8 Å². The van der Waals surface area contributed by atoms with E-state index < -0.39 is 0 Å². The lowest BCUT2D eigenvalue weighted by Gasteiger charge is -2.14. The molecule has 1 aliphatic heterocycles. The summed E-state index contributed by atoms with van der Waals surface area (Å²) in [5, 5.41) is 12.0. The molecular weight excluding hydrogens is 430 g/mol. The van der Waals surface area contributed by atoms with Crippen LogP contribution in [0.2, 0.25) is 0 Å². The Labute approximate surface area is 187 Å². The van der Waals surface area contributed by atoms with Crippen molar-refractivity contribution in [3.05, 3.63) is 82.9 Å². The second-order valence-corrected chi connectivity index (χ2v) is 7.79. The molecule has 0 saturated heterocycles. The van der Waals surface area contributed by atoms with Crippen molar-refractivity contribution in [1.82, 2.24) is 19.5 Å². The number of nitrogens with one attached hydrogen (secondary N) is 1. The molecule has 5 rings (SSSR count). The van der Waals surface area contributed by atoms with Crippen LogP contribution < -0.4 is 25.1 Å². The number of hydrogen-bond donors (Lipinski definition) is 1. The highest BCUT2D eigenvalue weighted by atomic mass is 32.2. The van der Waals surface area contributed by atoms with E-state index in [0.717, 1.165) is 11.3 Å². The van der Waals surface area contributed by atoms with Gasteiger partial charge in [-0.05, 0) is 42.0 Å². The lowest BCUT2D eigenvalue weighted by atomic mass is 10.2. The minimum atomic E-state index is -0.331. The first-order valence-corrected chi connectivity index (χ1v) is 10.8. The number of aromatic nitrogens is 4. The van der Waals surface area contributed by atoms with Crippen molar-refractivity contribution < 1.29 is 14.2 Å². The molecule has 0 amide bonds. The number of thioether (sulfide) groups is 1. The lowest BCUT2D eigenvalue weighted by molar-refractivity contribution is 0.174. The molecule has 0 aliphatic carbocycles. The molecule has 0 unspecified atom stereocenters. The zero-order valence-electron chi connectivity index (χ0n) is 17.1. The van der Waals surface area contributed by atoms with E-state index in [9.17, 15) is 4.79 Å². The van der Waals surface area contributed by atoms with Gasteiger partial charge in [0.1, 0.15) is 5.75 Å². The molecular formula is C22H19N5O4S. The maximum atomic E-state index is 13.3. The smallest absolute Gasteiger partial charge is 0.316 e. The predicted octanol–water partition coefficient (Wildman–Crippen LogP) is 3.52. The van der Waals surface area contributed by atoms with Gasteiger partial charge >= 0.3 is 5.56 Å². The van der Waals surface area contributed by atoms with Crippen molar-refractivity contribution in [2.24, 2.45) is 0 Å². The second-order valence-electron chi connectivity index (χ2n) is 6.84. The summed E-state index contributed by atoms with van der Waals surface area (Å²) in [6.45, 7) is 0.179. The standard InChI is InChI=1S/C22H19N5O4S/c1-29-17-6-4-5-15(11-17)13-32-22-25-24-20(21(28)27(22)26-9-2-3-10-26)23-16-7-8-18-19(12-16)31-14-30-18/h2-12H,13-14H2,1H3,(H,23,24). The van der Waals surface area contributed by atoms with E-state index in [0.29, 0.717) is 28.1 Å². The van der Waals surface area contributed by atoms with Crippen LogP contribution in [-0.4, -0.2) is 33.5 Å². The van der Waals surface area contributed by atoms with Crippen LogP contribution in [0.15, 0.2) is 76.9 Å². The van der Waals surface area contributed by atoms with Crippen LogP contribution in [0.5, 0.6) is 17.2 Å². The highest BCUT2D eigenvalue weighted by Crippen LogP contribution is 2.34. The summed E-state index contributed by atoms with van der Waals surface area (Å²) in [6.07, 6.45) is 3.56. The van der Waals surface area contributed by atoms with Crippen molar-refractivity contribution in [2.75, 3.05) is 19.2 Å². The number of fused-ring (bicyclic) bond motifs is 1. The third-order valence-electron chi connectivity index (χ3n) is 4.77. The molecule has 0 atom stereocenters. The van der Waals surface area contributed by atoms with Gasteiger partial charge in [0.2, 0.25) is 17.8 Å². The first kappa shape index (κ1) is 20.0. The third kappa shape index (κ3) is 4.00. The van der Waals surface area contributed by atoms with Crippen molar-refractivity contribution in [3.63, 3.8) is 0 Å². The van der Waals surface area contributed by atoms with E-state index in [2.05, 4.69) is 15.5 Å². The zero-order valence-corrected chi connectivity index (χ0v) is 17.9. The first-order valence-electron chi connectivity index (χ1n) is 9.77. The molecule has 0 radical (unpaired) electrons. The summed E-state index contributed by atoms with van der Waals surface area (Å²) in [6, 6.07) is 16.8. The van der Waals surface area contributed by atoms with Crippen LogP contribution in [0.25, 0.3) is 0 Å². The van der Waals surface area contributed by atoms with E-state index >= 15 is 0 Å². The maximum absolute atomic E-state index is 13.3. The minimum absolute atomic E-state index is 0.100. The highest BCUT2D eigenvalue weighted by Gasteiger charge is 2.17. The topological polar surface area (TPSA) is 92.4 Å². The average molecular weight is 449 g/mol. The van der Waals surface area contributed by atoms with Crippen LogP contribution in [0.3, 0.4) is 0 Å². The number of rotatable bonds is 7. The number of nitrogens with zero attached hydrogens (tertiary/aromatic N) is 4. The van der Waals surface area contributed by atoms with E-state index in [1.54, 1.807) is 42.4 Å². The second kappa shape index (κ2) is 8.67. The molecule has 0 fully saturated rings. The predicted molar refractivity (Wildman–Crippen MR) is 120 cm³/mol. The largest absolute Gasteiger partial charge is 0.497 e. The van der Waals surface area contributed by atoms with Crippen LogP contribution in [0.1, 0.15) is 5.56 Å². The molecule has 10 heteroatoms. The summed E-state index contributed by atoms with van der Waals surface area (Å²) in [7, 11) is 1.63. The molecule has 1 aliphatic rings. The fraction of sp³-hybridized carbons (Fsp3) is 0.136. The lowest BCUT2D eigenvalue weighted by Crippen LogP contribution is -2.30. The molecule has 0 bridgehead atoms. The highest BCUT2D eigenvalue weighted by molar-refractivity contribution is 7.98. The monoisotopic (exact) mass is 449 g/mol. The van der Waals surface area contributed by atoms with Crippen molar-refractivity contribution in [1.29, 1.82) is 0 Å². The molecule has 1 N–H and O–H groups in total. The van der Waals surface area contributed by atoms with Crippen LogP contribution in [-0.2, 0) is 5.75 Å². The van der Waals surface area contributed by atoms with Crippen molar-refractivity contribution in [3.8, 4) is 17.2 Å². The van der Waals surface area contributed by atoms with Crippen LogP contribution in [0.4, 0.5) is 11.5 Å².